The molecule has 1 unspecified atom stereocenters. The van der Waals surface area contributed by atoms with E-state index in [1.54, 1.807) is 18.4 Å². The summed E-state index contributed by atoms with van der Waals surface area (Å²) in [6.45, 7) is 4.91. The Morgan fingerprint density at radius 1 is 1.36 bits per heavy atom. The highest BCUT2D eigenvalue weighted by Gasteiger charge is 2.23. The van der Waals surface area contributed by atoms with E-state index in [0.29, 0.717) is 11.4 Å². The van der Waals surface area contributed by atoms with Gasteiger partial charge in [-0.2, -0.15) is 0 Å². The fourth-order valence-electron chi connectivity index (χ4n) is 2.20. The Labute approximate surface area is 135 Å². The lowest BCUT2D eigenvalue weighted by atomic mass is 10.2. The van der Waals surface area contributed by atoms with Gasteiger partial charge in [-0.05, 0) is 43.0 Å². The van der Waals surface area contributed by atoms with Crippen LogP contribution < -0.4 is 15.0 Å². The molecule has 1 aromatic heterocycles. The summed E-state index contributed by atoms with van der Waals surface area (Å²) in [5.41, 5.74) is 2.00. The fraction of sp³-hybridized carbons (Fsp3) is 0.353. The monoisotopic (exact) mass is 319 g/mol. The van der Waals surface area contributed by atoms with Crippen molar-refractivity contribution in [3.63, 3.8) is 0 Å². The number of nitrogens with one attached hydrogen (secondary N) is 2. The first-order valence-corrected chi connectivity index (χ1v) is 8.20. The Balaban J connectivity index is 2.01. The zero-order valence-electron chi connectivity index (χ0n) is 13.5. The normalized spacial score (nSPS) is 13.5. The summed E-state index contributed by atoms with van der Waals surface area (Å²) in [5.74, 6) is 0.672. The van der Waals surface area contributed by atoms with Crippen molar-refractivity contribution >= 4 is 22.9 Å². The molecule has 1 heterocycles. The van der Waals surface area contributed by atoms with Gasteiger partial charge in [0.25, 0.3) is 5.91 Å². The summed E-state index contributed by atoms with van der Waals surface area (Å²) in [6.07, 6.45) is 0. The number of hydrogen-bond acceptors (Lipinski definition) is 3. The topological polar surface area (TPSA) is 42.8 Å². The third-order valence-electron chi connectivity index (χ3n) is 3.90. The van der Waals surface area contributed by atoms with E-state index in [4.69, 9.17) is 4.74 Å². The van der Waals surface area contributed by atoms with Crippen molar-refractivity contribution in [1.82, 2.24) is 0 Å². The summed E-state index contributed by atoms with van der Waals surface area (Å²) >= 11 is 1.74. The van der Waals surface area contributed by atoms with Crippen LogP contribution in [0.25, 0.3) is 0 Å². The summed E-state index contributed by atoms with van der Waals surface area (Å²) in [6, 6.07) is 9.43. The van der Waals surface area contributed by atoms with Gasteiger partial charge in [0, 0.05) is 0 Å². The highest BCUT2D eigenvalue weighted by molar-refractivity contribution is 7.10. The number of methoxy groups -OCH3 is 1. The minimum absolute atomic E-state index is 0.00351. The Bertz CT molecular complexity index is 639. The molecule has 118 valence electrons. The predicted octanol–water partition coefficient (Wildman–Crippen LogP) is 2.11. The second kappa shape index (κ2) is 7.42. The van der Waals surface area contributed by atoms with Crippen LogP contribution in [0, 0.1) is 6.92 Å². The number of benzene rings is 1. The van der Waals surface area contributed by atoms with Crippen LogP contribution in [0.3, 0.4) is 0 Å². The lowest BCUT2D eigenvalue weighted by molar-refractivity contribution is -0.907. The minimum atomic E-state index is -0.147. The molecule has 0 saturated heterocycles. The molecular formula is C17H23N2O2S+. The van der Waals surface area contributed by atoms with Crippen LogP contribution >= 0.6 is 11.3 Å². The van der Waals surface area contributed by atoms with Gasteiger partial charge >= 0.3 is 0 Å². The molecule has 0 radical (unpaired) electrons. The van der Waals surface area contributed by atoms with Crippen LogP contribution in [0.2, 0.25) is 0 Å². The highest BCUT2D eigenvalue weighted by atomic mass is 32.1. The number of anilines is 1. The summed E-state index contributed by atoms with van der Waals surface area (Å²) in [5, 5.41) is 5.05. The molecule has 0 bridgehead atoms. The van der Waals surface area contributed by atoms with E-state index in [1.807, 2.05) is 38.2 Å². The van der Waals surface area contributed by atoms with Gasteiger partial charge in [0.2, 0.25) is 0 Å². The van der Waals surface area contributed by atoms with Crippen LogP contribution in [0.1, 0.15) is 17.4 Å². The number of para-hydroxylation sites is 2. The van der Waals surface area contributed by atoms with Gasteiger partial charge in [0.15, 0.2) is 6.04 Å². The Hall–Kier alpha value is -1.85. The van der Waals surface area contributed by atoms with E-state index < -0.39 is 0 Å². The first kappa shape index (κ1) is 16.5. The van der Waals surface area contributed by atoms with Crippen molar-refractivity contribution in [3.05, 3.63) is 46.2 Å². The average Bonchev–Trinajstić information content (AvgIpc) is 2.92. The summed E-state index contributed by atoms with van der Waals surface area (Å²) in [7, 11) is 3.65. The second-order valence-corrected chi connectivity index (χ2v) is 6.46. The van der Waals surface area contributed by atoms with Crippen molar-refractivity contribution < 1.29 is 14.4 Å². The standard InChI is InChI=1S/C17H22N2O2S/c1-12-9-10-22-16(12)11-19(3)13(2)17(20)18-14-7-5-6-8-15(14)21-4/h5-10,13H,11H2,1-4H3,(H,18,20)/p+1/t13-/m1/s1. The molecule has 0 aliphatic heterocycles. The van der Waals surface area contributed by atoms with Gasteiger partial charge in [0.1, 0.15) is 12.3 Å². The first-order chi connectivity index (χ1) is 10.5. The maximum Gasteiger partial charge on any atom is 0.282 e. The number of ether oxygens (including phenoxy) is 1. The molecule has 0 fully saturated rings. The molecule has 2 N–H and O–H groups in total. The SMILES string of the molecule is COc1ccccc1NC(=O)[C@@H](C)[NH+](C)Cc1sccc1C. The molecule has 0 aliphatic rings. The largest absolute Gasteiger partial charge is 0.495 e. The Morgan fingerprint density at radius 2 is 2.09 bits per heavy atom. The van der Waals surface area contributed by atoms with Gasteiger partial charge in [0.05, 0.1) is 24.7 Å². The number of aryl methyl sites for hydroxylation is 1. The average molecular weight is 319 g/mol. The number of carbonyl (C=O) groups excluding carboxylic acids is 1. The molecule has 22 heavy (non-hydrogen) atoms. The molecule has 2 atom stereocenters. The summed E-state index contributed by atoms with van der Waals surface area (Å²) in [4.78, 5) is 14.9. The lowest BCUT2D eigenvalue weighted by Gasteiger charge is -2.21. The smallest absolute Gasteiger partial charge is 0.282 e. The van der Waals surface area contributed by atoms with Crippen LogP contribution in [0.15, 0.2) is 35.7 Å². The highest BCUT2D eigenvalue weighted by Crippen LogP contribution is 2.22. The van der Waals surface area contributed by atoms with Gasteiger partial charge in [-0.25, -0.2) is 0 Å². The van der Waals surface area contributed by atoms with Crippen molar-refractivity contribution in [2.24, 2.45) is 0 Å². The number of amides is 1. The number of thiophene rings is 1. The van der Waals surface area contributed by atoms with Crippen LogP contribution in [-0.4, -0.2) is 26.1 Å². The molecule has 1 aromatic carbocycles. The fourth-order valence-corrected chi connectivity index (χ4v) is 3.21. The maximum atomic E-state index is 12.5. The van der Waals surface area contributed by atoms with Crippen LogP contribution in [-0.2, 0) is 11.3 Å². The molecule has 2 rings (SSSR count). The predicted molar refractivity (Wildman–Crippen MR) is 90.7 cm³/mol. The third-order valence-corrected chi connectivity index (χ3v) is 4.93. The van der Waals surface area contributed by atoms with E-state index in [9.17, 15) is 4.79 Å². The van der Waals surface area contributed by atoms with E-state index in [-0.39, 0.29) is 11.9 Å². The number of likely N-dealkylation sites (N-methyl/N-ethyl adjacent to an activating group) is 1. The van der Waals surface area contributed by atoms with E-state index >= 15 is 0 Å². The molecule has 1 amide bonds. The maximum absolute atomic E-state index is 12.5. The van der Waals surface area contributed by atoms with Crippen molar-refractivity contribution in [3.8, 4) is 5.75 Å². The van der Waals surface area contributed by atoms with Gasteiger partial charge in [-0.15, -0.1) is 11.3 Å². The van der Waals surface area contributed by atoms with Crippen molar-refractivity contribution in [2.45, 2.75) is 26.4 Å². The molecular weight excluding hydrogens is 296 g/mol. The Kier molecular flexibility index (Phi) is 5.57. The van der Waals surface area contributed by atoms with Crippen LogP contribution in [0.5, 0.6) is 5.75 Å². The van der Waals surface area contributed by atoms with Gasteiger partial charge < -0.3 is 15.0 Å². The molecule has 0 spiro atoms. The molecule has 0 aliphatic carbocycles. The minimum Gasteiger partial charge on any atom is -0.495 e. The Morgan fingerprint density at radius 3 is 2.73 bits per heavy atom. The van der Waals surface area contributed by atoms with E-state index in [1.165, 1.54) is 10.4 Å². The zero-order valence-corrected chi connectivity index (χ0v) is 14.3. The van der Waals surface area contributed by atoms with E-state index in [2.05, 4.69) is 23.7 Å². The molecule has 4 nitrogen and oxygen atoms in total. The lowest BCUT2D eigenvalue weighted by Crippen LogP contribution is -3.12. The quantitative estimate of drug-likeness (QED) is 0.856. The molecule has 5 heteroatoms. The van der Waals surface area contributed by atoms with Crippen LogP contribution in [0.4, 0.5) is 5.69 Å². The first-order valence-electron chi connectivity index (χ1n) is 7.32. The van der Waals surface area contributed by atoms with Gasteiger partial charge in [-0.3, -0.25) is 4.79 Å². The number of carbonyl (C=O) groups is 1. The number of hydrogen-bond donors (Lipinski definition) is 2. The van der Waals surface area contributed by atoms with E-state index in [0.717, 1.165) is 11.4 Å². The van der Waals surface area contributed by atoms with Crippen molar-refractivity contribution in [1.29, 1.82) is 0 Å². The second-order valence-electron chi connectivity index (χ2n) is 5.46. The summed E-state index contributed by atoms with van der Waals surface area (Å²) < 4.78 is 5.27. The number of quaternary nitrogens is 1. The number of rotatable bonds is 6. The zero-order chi connectivity index (χ0) is 16.1. The van der Waals surface area contributed by atoms with Crippen molar-refractivity contribution in [2.75, 3.05) is 19.5 Å². The molecule has 2 aromatic rings. The molecule has 0 saturated carbocycles. The third kappa shape index (κ3) is 3.87. The van der Waals surface area contributed by atoms with Gasteiger partial charge in [-0.1, -0.05) is 12.1 Å².